The van der Waals surface area contributed by atoms with E-state index in [1.807, 2.05) is 0 Å². The molecule has 0 aromatic rings. The number of carboxylic acid groups (broad SMARTS) is 1. The molecular weight excluding hydrogens is 234 g/mol. The Bertz CT molecular complexity index is 323. The topological polar surface area (TPSA) is 67.8 Å². The van der Waals surface area contributed by atoms with E-state index in [2.05, 4.69) is 24.4 Å². The minimum Gasteiger partial charge on any atom is -0.465 e. The maximum absolute atomic E-state index is 10.8. The second-order valence-corrected chi connectivity index (χ2v) is 4.91. The molecule has 2 aliphatic rings. The Morgan fingerprint density at radius 3 is 2.83 bits per heavy atom. The highest BCUT2D eigenvalue weighted by Crippen LogP contribution is 2.39. The van der Waals surface area contributed by atoms with Gasteiger partial charge in [-0.15, -0.1) is 0 Å². The summed E-state index contributed by atoms with van der Waals surface area (Å²) in [5, 5.41) is 11.5. The Morgan fingerprint density at radius 1 is 1.50 bits per heavy atom. The van der Waals surface area contributed by atoms with E-state index in [0.29, 0.717) is 13.2 Å². The van der Waals surface area contributed by atoms with Crippen molar-refractivity contribution in [2.45, 2.75) is 44.4 Å². The molecule has 0 unspecified atom stereocenters. The number of amides is 1. The van der Waals surface area contributed by atoms with Crippen LogP contribution in [-0.4, -0.2) is 36.2 Å². The van der Waals surface area contributed by atoms with Crippen LogP contribution < -0.4 is 5.32 Å². The molecule has 1 spiro atoms. The first-order chi connectivity index (χ1) is 8.65. The van der Waals surface area contributed by atoms with Crippen LogP contribution >= 0.6 is 0 Å². The van der Waals surface area contributed by atoms with Crippen molar-refractivity contribution in [2.75, 3.05) is 13.2 Å². The van der Waals surface area contributed by atoms with Crippen LogP contribution in [-0.2, 0) is 9.47 Å². The Morgan fingerprint density at radius 2 is 2.22 bits per heavy atom. The SMILES string of the molecule is CCC=C[C@@H]1CC2(CC[C@@H]1NC(=O)O)OCCO2. The summed E-state index contributed by atoms with van der Waals surface area (Å²) in [5.74, 6) is -0.327. The van der Waals surface area contributed by atoms with Crippen molar-refractivity contribution in [3.8, 4) is 0 Å². The third-order valence-corrected chi connectivity index (χ3v) is 3.64. The number of carbonyl (C=O) groups is 1. The quantitative estimate of drug-likeness (QED) is 0.758. The van der Waals surface area contributed by atoms with Crippen LogP contribution in [0.2, 0.25) is 0 Å². The summed E-state index contributed by atoms with van der Waals surface area (Å²) in [6.45, 7) is 3.35. The van der Waals surface area contributed by atoms with E-state index in [1.54, 1.807) is 0 Å². The third-order valence-electron chi connectivity index (χ3n) is 3.64. The molecule has 1 saturated carbocycles. The van der Waals surface area contributed by atoms with E-state index in [0.717, 1.165) is 25.7 Å². The van der Waals surface area contributed by atoms with E-state index in [1.165, 1.54) is 0 Å². The summed E-state index contributed by atoms with van der Waals surface area (Å²) < 4.78 is 11.4. The first-order valence-corrected chi connectivity index (χ1v) is 6.59. The minimum atomic E-state index is -0.959. The number of ether oxygens (including phenoxy) is 2. The summed E-state index contributed by atoms with van der Waals surface area (Å²) >= 11 is 0. The van der Waals surface area contributed by atoms with Gasteiger partial charge >= 0.3 is 6.09 Å². The lowest BCUT2D eigenvalue weighted by atomic mass is 9.80. The second-order valence-electron chi connectivity index (χ2n) is 4.91. The molecule has 0 aromatic heterocycles. The normalized spacial score (nSPS) is 30.9. The Kier molecular flexibility index (Phi) is 4.24. The van der Waals surface area contributed by atoms with E-state index in [-0.39, 0.29) is 12.0 Å². The van der Waals surface area contributed by atoms with Crippen molar-refractivity contribution < 1.29 is 19.4 Å². The molecular formula is C13H21NO4. The van der Waals surface area contributed by atoms with E-state index >= 15 is 0 Å². The number of nitrogens with one attached hydrogen (secondary N) is 1. The van der Waals surface area contributed by atoms with Gasteiger partial charge in [-0.3, -0.25) is 0 Å². The standard InChI is InChI=1S/C13H21NO4/c1-2-3-4-10-9-13(17-7-8-18-13)6-5-11(10)14-12(15)16/h3-4,10-11,14H,2,5-9H2,1H3,(H,15,16)/t10-,11+/m1/s1. The summed E-state index contributed by atoms with van der Waals surface area (Å²) in [5.41, 5.74) is 0. The molecule has 0 aromatic carbocycles. The summed E-state index contributed by atoms with van der Waals surface area (Å²) in [6.07, 6.45) is 6.40. The molecule has 1 saturated heterocycles. The number of hydrogen-bond donors (Lipinski definition) is 2. The molecule has 5 heteroatoms. The maximum Gasteiger partial charge on any atom is 0.404 e. The van der Waals surface area contributed by atoms with E-state index < -0.39 is 11.9 Å². The zero-order valence-electron chi connectivity index (χ0n) is 10.7. The second kappa shape index (κ2) is 5.71. The third kappa shape index (κ3) is 3.03. The van der Waals surface area contributed by atoms with Gasteiger partial charge in [0.1, 0.15) is 0 Å². The molecule has 0 bridgehead atoms. The molecule has 1 aliphatic carbocycles. The molecule has 18 heavy (non-hydrogen) atoms. The van der Waals surface area contributed by atoms with Gasteiger partial charge in [-0.05, 0) is 12.8 Å². The lowest BCUT2D eigenvalue weighted by Crippen LogP contribution is -2.48. The molecule has 1 aliphatic heterocycles. The van der Waals surface area contributed by atoms with Crippen LogP contribution in [0.1, 0.15) is 32.6 Å². The summed E-state index contributed by atoms with van der Waals surface area (Å²) in [6, 6.07) is -0.0382. The van der Waals surface area contributed by atoms with Crippen LogP contribution in [0.4, 0.5) is 4.79 Å². The highest BCUT2D eigenvalue weighted by Gasteiger charge is 2.44. The van der Waals surface area contributed by atoms with Crippen molar-refractivity contribution in [1.82, 2.24) is 5.32 Å². The lowest BCUT2D eigenvalue weighted by molar-refractivity contribution is -0.186. The predicted octanol–water partition coefficient (Wildman–Crippen LogP) is 2.13. The van der Waals surface area contributed by atoms with Crippen molar-refractivity contribution in [3.63, 3.8) is 0 Å². The maximum atomic E-state index is 10.8. The Labute approximate surface area is 107 Å². The monoisotopic (exact) mass is 255 g/mol. The van der Waals surface area contributed by atoms with Crippen LogP contribution in [0.25, 0.3) is 0 Å². The van der Waals surface area contributed by atoms with Gasteiger partial charge in [0, 0.05) is 24.8 Å². The highest BCUT2D eigenvalue weighted by atomic mass is 16.7. The average molecular weight is 255 g/mol. The summed E-state index contributed by atoms with van der Waals surface area (Å²) in [4.78, 5) is 10.8. The molecule has 1 amide bonds. The zero-order chi connectivity index (χ0) is 13.0. The molecule has 2 N–H and O–H groups in total. The Balaban J connectivity index is 2.04. The van der Waals surface area contributed by atoms with Gasteiger partial charge in [-0.2, -0.15) is 0 Å². The van der Waals surface area contributed by atoms with Crippen LogP contribution in [0.5, 0.6) is 0 Å². The predicted molar refractivity (Wildman–Crippen MR) is 66.4 cm³/mol. The van der Waals surface area contributed by atoms with Gasteiger partial charge in [0.15, 0.2) is 5.79 Å². The molecule has 5 nitrogen and oxygen atoms in total. The molecule has 2 fully saturated rings. The lowest BCUT2D eigenvalue weighted by Gasteiger charge is -2.39. The smallest absolute Gasteiger partial charge is 0.404 e. The van der Waals surface area contributed by atoms with Crippen molar-refractivity contribution in [3.05, 3.63) is 12.2 Å². The summed E-state index contributed by atoms with van der Waals surface area (Å²) in [7, 11) is 0. The molecule has 102 valence electrons. The number of hydrogen-bond acceptors (Lipinski definition) is 3. The van der Waals surface area contributed by atoms with Gasteiger partial charge in [0.25, 0.3) is 0 Å². The number of allylic oxidation sites excluding steroid dienone is 1. The highest BCUT2D eigenvalue weighted by molar-refractivity contribution is 5.65. The van der Waals surface area contributed by atoms with Crippen molar-refractivity contribution in [2.24, 2.45) is 5.92 Å². The van der Waals surface area contributed by atoms with Gasteiger partial charge in [-0.25, -0.2) is 4.79 Å². The fourth-order valence-electron chi connectivity index (χ4n) is 2.80. The fraction of sp³-hybridized carbons (Fsp3) is 0.769. The minimum absolute atomic E-state index is 0.0382. The molecule has 2 rings (SSSR count). The largest absolute Gasteiger partial charge is 0.465 e. The van der Waals surface area contributed by atoms with Crippen molar-refractivity contribution in [1.29, 1.82) is 0 Å². The molecule has 0 radical (unpaired) electrons. The van der Waals surface area contributed by atoms with Gasteiger partial charge in [-0.1, -0.05) is 19.1 Å². The van der Waals surface area contributed by atoms with E-state index in [4.69, 9.17) is 14.6 Å². The first kappa shape index (κ1) is 13.4. The van der Waals surface area contributed by atoms with E-state index in [9.17, 15) is 4.79 Å². The van der Waals surface area contributed by atoms with Gasteiger partial charge in [0.2, 0.25) is 0 Å². The molecule has 2 atom stereocenters. The number of rotatable bonds is 3. The van der Waals surface area contributed by atoms with Crippen molar-refractivity contribution >= 4 is 6.09 Å². The van der Waals surface area contributed by atoms with Crippen LogP contribution in [0.15, 0.2) is 12.2 Å². The van der Waals surface area contributed by atoms with Crippen LogP contribution in [0, 0.1) is 5.92 Å². The van der Waals surface area contributed by atoms with Gasteiger partial charge < -0.3 is 19.9 Å². The fourth-order valence-corrected chi connectivity index (χ4v) is 2.80. The first-order valence-electron chi connectivity index (χ1n) is 6.59. The Hall–Kier alpha value is -1.07. The average Bonchev–Trinajstić information content (AvgIpc) is 2.78. The van der Waals surface area contributed by atoms with Crippen LogP contribution in [0.3, 0.4) is 0 Å². The zero-order valence-corrected chi connectivity index (χ0v) is 10.7. The van der Waals surface area contributed by atoms with Gasteiger partial charge in [0.05, 0.1) is 13.2 Å². The molecule has 1 heterocycles.